The maximum atomic E-state index is 11.7. The third-order valence-electron chi connectivity index (χ3n) is 3.83. The van der Waals surface area contributed by atoms with Crippen LogP contribution < -0.4 is 9.89 Å². The zero-order chi connectivity index (χ0) is 18.2. The first-order valence-electron chi connectivity index (χ1n) is 8.54. The van der Waals surface area contributed by atoms with Crippen LogP contribution in [0.1, 0.15) is 17.3 Å². The highest BCUT2D eigenvalue weighted by Crippen LogP contribution is 2.19. The number of rotatable bonds is 6. The molecule has 130 valence electrons. The van der Waals surface area contributed by atoms with Crippen LogP contribution in [-0.4, -0.2) is 18.9 Å². The van der Waals surface area contributed by atoms with Gasteiger partial charge in [-0.2, -0.15) is 4.58 Å². The summed E-state index contributed by atoms with van der Waals surface area (Å²) >= 11 is 0. The summed E-state index contributed by atoms with van der Waals surface area (Å²) in [5.41, 5.74) is 3.53. The second kappa shape index (κ2) is 8.62. The van der Waals surface area contributed by atoms with E-state index in [0.717, 1.165) is 17.1 Å². The molecule has 26 heavy (non-hydrogen) atoms. The summed E-state index contributed by atoms with van der Waals surface area (Å²) in [5.74, 6) is -0.307. The van der Waals surface area contributed by atoms with Crippen molar-refractivity contribution >= 4 is 29.4 Å². The molecule has 3 aromatic rings. The summed E-state index contributed by atoms with van der Waals surface area (Å²) in [6.45, 7) is 2.17. The fourth-order valence-electron chi connectivity index (χ4n) is 2.53. The van der Waals surface area contributed by atoms with E-state index in [0.29, 0.717) is 12.2 Å². The molecular formula is C22H21N2O2+. The molecule has 0 heterocycles. The number of hydrogen-bond donors (Lipinski definition) is 1. The first-order chi connectivity index (χ1) is 12.8. The first kappa shape index (κ1) is 17.4. The van der Waals surface area contributed by atoms with Crippen molar-refractivity contribution in [3.63, 3.8) is 0 Å². The average molecular weight is 345 g/mol. The molecule has 0 fully saturated rings. The van der Waals surface area contributed by atoms with Gasteiger partial charge in [0.1, 0.15) is 17.1 Å². The number of ether oxygens (including phenoxy) is 1. The van der Waals surface area contributed by atoms with Gasteiger partial charge in [-0.25, -0.2) is 10.1 Å². The Balaban J connectivity index is 1.84. The Morgan fingerprint density at radius 3 is 1.92 bits per heavy atom. The third kappa shape index (κ3) is 4.36. The Kier molecular flexibility index (Phi) is 5.78. The Bertz CT molecular complexity index is 832. The topological polar surface area (TPSA) is 41.3 Å². The molecule has 0 amide bonds. The number of nitrogens with one attached hydrogen (secondary N) is 1. The Morgan fingerprint density at radius 2 is 1.42 bits per heavy atom. The maximum absolute atomic E-state index is 11.7. The molecule has 0 spiro atoms. The van der Waals surface area contributed by atoms with Crippen molar-refractivity contribution in [2.45, 2.75) is 6.92 Å². The molecule has 0 aliphatic rings. The predicted molar refractivity (Wildman–Crippen MR) is 106 cm³/mol. The molecule has 3 aromatic carbocycles. The molecule has 3 rings (SSSR count). The normalized spacial score (nSPS) is 10.0. The molecule has 0 unspecified atom stereocenters. The fraction of sp³-hybridized carbons (Fsp3) is 0.0909. The quantitative estimate of drug-likeness (QED) is 0.301. The summed E-state index contributed by atoms with van der Waals surface area (Å²) in [6, 6.07) is 27.4. The number of para-hydroxylation sites is 2. The Hall–Kier alpha value is -3.40. The van der Waals surface area contributed by atoms with E-state index in [2.05, 4.69) is 34.2 Å². The standard InChI is InChI=1S/C22H20N2O2/c1-2-26-22(25)18-13-15-19(16-14-18)23-17-24(20-9-5-3-6-10-20)21-11-7-4-8-12-21/h3-17H,2H2,1H3/p+1. The SMILES string of the molecule is CCOC(=O)c1ccc(NC=[N+](c2ccccc2)c2ccccc2)cc1. The number of benzene rings is 3. The van der Waals surface area contributed by atoms with E-state index in [9.17, 15) is 4.79 Å². The van der Waals surface area contributed by atoms with Crippen molar-refractivity contribution in [1.29, 1.82) is 0 Å². The predicted octanol–water partition coefficient (Wildman–Crippen LogP) is 4.84. The Morgan fingerprint density at radius 1 is 0.885 bits per heavy atom. The monoisotopic (exact) mass is 345 g/mol. The minimum atomic E-state index is -0.307. The highest BCUT2D eigenvalue weighted by molar-refractivity contribution is 5.90. The minimum Gasteiger partial charge on any atom is -0.462 e. The van der Waals surface area contributed by atoms with Crippen molar-refractivity contribution in [3.8, 4) is 0 Å². The molecule has 0 atom stereocenters. The lowest BCUT2D eigenvalue weighted by Gasteiger charge is -2.07. The van der Waals surface area contributed by atoms with Crippen LogP contribution in [0.15, 0.2) is 84.9 Å². The lowest BCUT2D eigenvalue weighted by Crippen LogP contribution is -2.12. The van der Waals surface area contributed by atoms with E-state index in [4.69, 9.17) is 4.74 Å². The van der Waals surface area contributed by atoms with Crippen LogP contribution >= 0.6 is 0 Å². The van der Waals surface area contributed by atoms with Crippen LogP contribution in [0.25, 0.3) is 0 Å². The van der Waals surface area contributed by atoms with Gasteiger partial charge in [0.05, 0.1) is 12.2 Å². The van der Waals surface area contributed by atoms with Gasteiger partial charge < -0.3 is 4.74 Å². The lowest BCUT2D eigenvalue weighted by atomic mass is 10.2. The summed E-state index contributed by atoms with van der Waals surface area (Å²) in [4.78, 5) is 11.7. The molecule has 4 heteroatoms. The van der Waals surface area contributed by atoms with Gasteiger partial charge in [-0.05, 0) is 55.5 Å². The number of carbonyl (C=O) groups excluding carboxylic acids is 1. The highest BCUT2D eigenvalue weighted by atomic mass is 16.5. The largest absolute Gasteiger partial charge is 0.462 e. The molecule has 4 nitrogen and oxygen atoms in total. The van der Waals surface area contributed by atoms with Crippen molar-refractivity contribution < 1.29 is 9.53 Å². The lowest BCUT2D eigenvalue weighted by molar-refractivity contribution is 0.0526. The fourth-order valence-corrected chi connectivity index (χ4v) is 2.53. The van der Waals surface area contributed by atoms with Gasteiger partial charge in [0, 0.05) is 0 Å². The van der Waals surface area contributed by atoms with Gasteiger partial charge in [-0.15, -0.1) is 0 Å². The summed E-state index contributed by atoms with van der Waals surface area (Å²) in [6.07, 6.45) is 1.91. The zero-order valence-electron chi connectivity index (χ0n) is 14.6. The highest BCUT2D eigenvalue weighted by Gasteiger charge is 2.09. The van der Waals surface area contributed by atoms with Crippen molar-refractivity contribution in [2.24, 2.45) is 0 Å². The van der Waals surface area contributed by atoms with Gasteiger partial charge in [0.25, 0.3) is 0 Å². The third-order valence-corrected chi connectivity index (χ3v) is 3.83. The van der Waals surface area contributed by atoms with Gasteiger partial charge in [-0.1, -0.05) is 36.4 Å². The maximum Gasteiger partial charge on any atom is 0.338 e. The first-order valence-corrected chi connectivity index (χ1v) is 8.54. The number of hydrogen-bond acceptors (Lipinski definition) is 2. The summed E-state index contributed by atoms with van der Waals surface area (Å²) in [5, 5.41) is 3.29. The van der Waals surface area contributed by atoms with Crippen LogP contribution in [0.3, 0.4) is 0 Å². The van der Waals surface area contributed by atoms with Crippen LogP contribution in [0.2, 0.25) is 0 Å². The molecule has 0 aromatic heterocycles. The summed E-state index contributed by atoms with van der Waals surface area (Å²) in [7, 11) is 0. The number of anilines is 1. The van der Waals surface area contributed by atoms with E-state index in [-0.39, 0.29) is 5.97 Å². The second-order valence-corrected chi connectivity index (χ2v) is 5.61. The molecular weight excluding hydrogens is 324 g/mol. The van der Waals surface area contributed by atoms with E-state index in [1.165, 1.54) is 0 Å². The molecule has 0 aliphatic carbocycles. The number of carbonyl (C=O) groups is 1. The minimum absolute atomic E-state index is 0.307. The Labute approximate surface area is 153 Å². The summed E-state index contributed by atoms with van der Waals surface area (Å²) < 4.78 is 7.07. The zero-order valence-corrected chi connectivity index (χ0v) is 14.6. The van der Waals surface area contributed by atoms with E-state index in [1.807, 2.05) is 54.9 Å². The van der Waals surface area contributed by atoms with Crippen molar-refractivity contribution in [2.75, 3.05) is 11.9 Å². The average Bonchev–Trinajstić information content (AvgIpc) is 2.70. The van der Waals surface area contributed by atoms with Gasteiger partial charge in [0.15, 0.2) is 0 Å². The smallest absolute Gasteiger partial charge is 0.338 e. The van der Waals surface area contributed by atoms with Gasteiger partial charge in [-0.3, -0.25) is 0 Å². The molecule has 0 aliphatic heterocycles. The molecule has 0 saturated heterocycles. The molecule has 0 bridgehead atoms. The molecule has 1 N–H and O–H groups in total. The van der Waals surface area contributed by atoms with Gasteiger partial charge >= 0.3 is 5.97 Å². The van der Waals surface area contributed by atoms with Crippen LogP contribution in [0.4, 0.5) is 17.1 Å². The van der Waals surface area contributed by atoms with Crippen LogP contribution in [0, 0.1) is 0 Å². The number of esters is 1. The van der Waals surface area contributed by atoms with Crippen LogP contribution in [-0.2, 0) is 4.74 Å². The second-order valence-electron chi connectivity index (χ2n) is 5.61. The van der Waals surface area contributed by atoms with E-state index in [1.54, 1.807) is 19.1 Å². The van der Waals surface area contributed by atoms with Gasteiger partial charge in [0.2, 0.25) is 6.34 Å². The van der Waals surface area contributed by atoms with Crippen molar-refractivity contribution in [1.82, 2.24) is 4.58 Å². The number of nitrogens with zero attached hydrogens (tertiary/aromatic N) is 1. The molecule has 0 saturated carbocycles. The van der Waals surface area contributed by atoms with Crippen LogP contribution in [0.5, 0.6) is 0 Å². The van der Waals surface area contributed by atoms with E-state index < -0.39 is 0 Å². The van der Waals surface area contributed by atoms with Crippen molar-refractivity contribution in [3.05, 3.63) is 90.5 Å². The molecule has 0 radical (unpaired) electrons. The van der Waals surface area contributed by atoms with E-state index >= 15 is 0 Å².